The maximum Gasteiger partial charge on any atom is 0.141 e. The van der Waals surface area contributed by atoms with Gasteiger partial charge >= 0.3 is 0 Å². The van der Waals surface area contributed by atoms with Crippen molar-refractivity contribution in [2.24, 2.45) is 0 Å². The second-order valence-corrected chi connectivity index (χ2v) is 5.68. The van der Waals surface area contributed by atoms with E-state index < -0.39 is 5.54 Å². The smallest absolute Gasteiger partial charge is 0.141 e. The number of hydrogen-bond donors (Lipinski definition) is 2. The highest BCUT2D eigenvalue weighted by molar-refractivity contribution is 9.10. The largest absolute Gasteiger partial charge is 0.394 e. The summed E-state index contributed by atoms with van der Waals surface area (Å²) >= 11 is 3.49. The van der Waals surface area contributed by atoms with Crippen LogP contribution < -0.4 is 5.32 Å². The van der Waals surface area contributed by atoms with Crippen molar-refractivity contribution in [2.45, 2.75) is 19.4 Å². The Labute approximate surface area is 121 Å². The molecule has 0 aliphatic rings. The normalized spacial score (nSPS) is 13.9. The third kappa shape index (κ3) is 3.14. The molecule has 0 saturated heterocycles. The van der Waals surface area contributed by atoms with E-state index in [1.165, 1.54) is 0 Å². The molecule has 3 nitrogen and oxygen atoms in total. The highest BCUT2D eigenvalue weighted by Crippen LogP contribution is 2.29. The lowest BCUT2D eigenvalue weighted by Gasteiger charge is -2.30. The minimum absolute atomic E-state index is 0.0149. The predicted octanol–water partition coefficient (Wildman–Crippen LogP) is 3.47. The third-order valence-corrected chi connectivity index (χ3v) is 3.70. The van der Waals surface area contributed by atoms with Crippen molar-refractivity contribution in [3.63, 3.8) is 0 Å². The molecule has 1 atom stereocenters. The SMILES string of the molecule is Cc1cnc(NC(C)(CO)c2ccccc2)c(Br)c1. The summed E-state index contributed by atoms with van der Waals surface area (Å²) in [6, 6.07) is 11.9. The average Bonchev–Trinajstić information content (AvgIpc) is 2.43. The molecular weight excluding hydrogens is 304 g/mol. The number of rotatable bonds is 4. The van der Waals surface area contributed by atoms with Gasteiger partial charge in [0, 0.05) is 6.20 Å². The quantitative estimate of drug-likeness (QED) is 0.906. The van der Waals surface area contributed by atoms with Crippen LogP contribution in [-0.2, 0) is 5.54 Å². The summed E-state index contributed by atoms with van der Waals surface area (Å²) in [4.78, 5) is 4.37. The Bertz CT molecular complexity index is 559. The van der Waals surface area contributed by atoms with Crippen molar-refractivity contribution in [1.29, 1.82) is 0 Å². The molecule has 1 heterocycles. The van der Waals surface area contributed by atoms with Crippen LogP contribution in [0, 0.1) is 6.92 Å². The minimum atomic E-state index is -0.563. The lowest BCUT2D eigenvalue weighted by atomic mass is 9.93. The number of aliphatic hydroxyl groups is 1. The Balaban J connectivity index is 2.33. The van der Waals surface area contributed by atoms with Crippen molar-refractivity contribution in [3.05, 3.63) is 58.2 Å². The number of hydrogen-bond acceptors (Lipinski definition) is 3. The second-order valence-electron chi connectivity index (χ2n) is 4.82. The summed E-state index contributed by atoms with van der Waals surface area (Å²) < 4.78 is 0.892. The summed E-state index contributed by atoms with van der Waals surface area (Å²) in [6.07, 6.45) is 1.80. The van der Waals surface area contributed by atoms with Crippen molar-refractivity contribution < 1.29 is 5.11 Å². The molecule has 0 radical (unpaired) electrons. The van der Waals surface area contributed by atoms with Gasteiger partial charge in [-0.05, 0) is 47.0 Å². The molecule has 2 rings (SSSR count). The first kappa shape index (κ1) is 14.0. The van der Waals surface area contributed by atoms with E-state index in [0.29, 0.717) is 0 Å². The highest BCUT2D eigenvalue weighted by atomic mass is 79.9. The number of aliphatic hydroxyl groups excluding tert-OH is 1. The summed E-state index contributed by atoms with van der Waals surface area (Å²) in [5.41, 5.74) is 1.54. The van der Waals surface area contributed by atoms with Gasteiger partial charge in [-0.1, -0.05) is 30.3 Å². The van der Waals surface area contributed by atoms with Gasteiger partial charge in [0.2, 0.25) is 0 Å². The van der Waals surface area contributed by atoms with E-state index in [1.807, 2.05) is 50.2 Å². The van der Waals surface area contributed by atoms with Gasteiger partial charge < -0.3 is 10.4 Å². The van der Waals surface area contributed by atoms with E-state index >= 15 is 0 Å². The van der Waals surface area contributed by atoms with Gasteiger partial charge in [-0.3, -0.25) is 0 Å². The van der Waals surface area contributed by atoms with E-state index in [1.54, 1.807) is 6.20 Å². The molecule has 0 saturated carbocycles. The first-order valence-corrected chi connectivity index (χ1v) is 6.91. The van der Waals surface area contributed by atoms with Crippen molar-refractivity contribution >= 4 is 21.7 Å². The van der Waals surface area contributed by atoms with Gasteiger partial charge in [0.25, 0.3) is 0 Å². The lowest BCUT2D eigenvalue weighted by molar-refractivity contribution is 0.223. The molecule has 2 aromatic rings. The Morgan fingerprint density at radius 2 is 2.00 bits per heavy atom. The first-order chi connectivity index (χ1) is 9.05. The molecule has 0 aliphatic carbocycles. The van der Waals surface area contributed by atoms with Crippen LogP contribution in [0.25, 0.3) is 0 Å². The molecule has 100 valence electrons. The molecular formula is C15H17BrN2O. The van der Waals surface area contributed by atoms with Crippen molar-refractivity contribution in [2.75, 3.05) is 11.9 Å². The number of nitrogens with zero attached hydrogens (tertiary/aromatic N) is 1. The molecule has 0 spiro atoms. The number of anilines is 1. The van der Waals surface area contributed by atoms with Gasteiger partial charge in [-0.2, -0.15) is 0 Å². The number of nitrogens with one attached hydrogen (secondary N) is 1. The molecule has 1 aromatic heterocycles. The number of aryl methyl sites for hydroxylation is 1. The monoisotopic (exact) mass is 320 g/mol. The third-order valence-electron chi connectivity index (χ3n) is 3.10. The van der Waals surface area contributed by atoms with E-state index in [9.17, 15) is 5.11 Å². The van der Waals surface area contributed by atoms with Crippen molar-refractivity contribution in [3.8, 4) is 0 Å². The lowest BCUT2D eigenvalue weighted by Crippen LogP contribution is -2.36. The van der Waals surface area contributed by atoms with Gasteiger partial charge in [-0.15, -0.1) is 0 Å². The van der Waals surface area contributed by atoms with E-state index in [-0.39, 0.29) is 6.61 Å². The standard InChI is InChI=1S/C15H17BrN2O/c1-11-8-13(16)14(17-9-11)18-15(2,10-19)12-6-4-3-5-7-12/h3-9,19H,10H2,1-2H3,(H,17,18). The Hall–Kier alpha value is -1.39. The van der Waals surface area contributed by atoms with E-state index in [4.69, 9.17) is 0 Å². The van der Waals surface area contributed by atoms with Crippen LogP contribution in [0.15, 0.2) is 47.1 Å². The maximum absolute atomic E-state index is 9.74. The van der Waals surface area contributed by atoms with Gasteiger partial charge in [0.05, 0.1) is 16.6 Å². The minimum Gasteiger partial charge on any atom is -0.394 e. The van der Waals surface area contributed by atoms with Crippen LogP contribution in [0.4, 0.5) is 5.82 Å². The molecule has 1 unspecified atom stereocenters. The van der Waals surface area contributed by atoms with Crippen LogP contribution in [0.1, 0.15) is 18.1 Å². The van der Waals surface area contributed by atoms with Crippen LogP contribution in [0.3, 0.4) is 0 Å². The fourth-order valence-corrected chi connectivity index (χ4v) is 2.46. The first-order valence-electron chi connectivity index (χ1n) is 6.12. The van der Waals surface area contributed by atoms with Crippen LogP contribution >= 0.6 is 15.9 Å². The molecule has 19 heavy (non-hydrogen) atoms. The summed E-state index contributed by atoms with van der Waals surface area (Å²) in [5.74, 6) is 0.728. The summed E-state index contributed by atoms with van der Waals surface area (Å²) in [6.45, 7) is 3.93. The molecule has 0 fully saturated rings. The molecule has 1 aromatic carbocycles. The molecule has 0 bridgehead atoms. The van der Waals surface area contributed by atoms with E-state index in [2.05, 4.69) is 26.2 Å². The predicted molar refractivity (Wildman–Crippen MR) is 81.2 cm³/mol. The number of halogens is 1. The topological polar surface area (TPSA) is 45.2 Å². The Morgan fingerprint density at radius 1 is 1.32 bits per heavy atom. The molecule has 0 amide bonds. The van der Waals surface area contributed by atoms with Crippen molar-refractivity contribution in [1.82, 2.24) is 4.98 Å². The zero-order valence-electron chi connectivity index (χ0n) is 11.0. The number of benzene rings is 1. The van der Waals surface area contributed by atoms with Crippen LogP contribution in [-0.4, -0.2) is 16.7 Å². The van der Waals surface area contributed by atoms with Gasteiger partial charge in [0.1, 0.15) is 5.82 Å². The fourth-order valence-electron chi connectivity index (χ4n) is 1.90. The maximum atomic E-state index is 9.74. The molecule has 2 N–H and O–H groups in total. The summed E-state index contributed by atoms with van der Waals surface area (Å²) in [7, 11) is 0. The zero-order chi connectivity index (χ0) is 13.9. The zero-order valence-corrected chi connectivity index (χ0v) is 12.6. The number of pyridine rings is 1. The summed E-state index contributed by atoms with van der Waals surface area (Å²) in [5, 5.41) is 13.0. The number of aromatic nitrogens is 1. The van der Waals surface area contributed by atoms with Crippen LogP contribution in [0.5, 0.6) is 0 Å². The highest BCUT2D eigenvalue weighted by Gasteiger charge is 2.26. The van der Waals surface area contributed by atoms with Gasteiger partial charge in [-0.25, -0.2) is 4.98 Å². The Morgan fingerprint density at radius 3 is 2.58 bits per heavy atom. The molecule has 4 heteroatoms. The fraction of sp³-hybridized carbons (Fsp3) is 0.267. The molecule has 0 aliphatic heterocycles. The Kier molecular flexibility index (Phi) is 4.22. The van der Waals surface area contributed by atoms with E-state index in [0.717, 1.165) is 21.4 Å². The average molecular weight is 321 g/mol. The second kappa shape index (κ2) is 5.72. The van der Waals surface area contributed by atoms with Gasteiger partial charge in [0.15, 0.2) is 0 Å². The van der Waals surface area contributed by atoms with Crippen LogP contribution in [0.2, 0.25) is 0 Å².